The van der Waals surface area contributed by atoms with E-state index in [1.807, 2.05) is 12.1 Å². The Morgan fingerprint density at radius 1 is 1.14 bits per heavy atom. The Morgan fingerprint density at radius 3 is 2.43 bits per heavy atom. The van der Waals surface area contributed by atoms with Gasteiger partial charge in [0.1, 0.15) is 0 Å². The topological polar surface area (TPSA) is 33.1 Å². The summed E-state index contributed by atoms with van der Waals surface area (Å²) in [4.78, 5) is 4.08. The summed E-state index contributed by atoms with van der Waals surface area (Å²) in [5.74, 6) is 0. The van der Waals surface area contributed by atoms with Gasteiger partial charge in [0.25, 0.3) is 0 Å². The molecule has 0 aliphatic heterocycles. The number of aliphatic hydroxyl groups is 1. The van der Waals surface area contributed by atoms with E-state index in [-0.39, 0.29) is 0 Å². The molecule has 0 saturated heterocycles. The minimum atomic E-state index is -0.606. The minimum Gasteiger partial charge on any atom is -0.385 e. The molecule has 0 bridgehead atoms. The highest BCUT2D eigenvalue weighted by Crippen LogP contribution is 2.35. The molecule has 76 valence electrons. The van der Waals surface area contributed by atoms with E-state index in [4.69, 9.17) is 0 Å². The Kier molecular flexibility index (Phi) is 2.82. The van der Waals surface area contributed by atoms with E-state index in [9.17, 15) is 5.11 Å². The Morgan fingerprint density at radius 2 is 1.86 bits per heavy atom. The van der Waals surface area contributed by atoms with Gasteiger partial charge in [0.05, 0.1) is 5.60 Å². The summed E-state index contributed by atoms with van der Waals surface area (Å²) in [5.41, 5.74) is 0.381. The first-order chi connectivity index (χ1) is 6.81. The van der Waals surface area contributed by atoms with E-state index < -0.39 is 5.60 Å². The van der Waals surface area contributed by atoms with Crippen molar-refractivity contribution in [2.75, 3.05) is 0 Å². The molecule has 0 radical (unpaired) electrons. The molecule has 1 aliphatic carbocycles. The zero-order chi connectivity index (χ0) is 9.86. The lowest BCUT2D eigenvalue weighted by Crippen LogP contribution is -2.24. The molecule has 1 N–H and O–H groups in total. The molecule has 0 atom stereocenters. The summed E-state index contributed by atoms with van der Waals surface area (Å²) in [5, 5.41) is 10.5. The van der Waals surface area contributed by atoms with Crippen LogP contribution in [0.15, 0.2) is 24.5 Å². The fourth-order valence-corrected chi connectivity index (χ4v) is 2.24. The lowest BCUT2D eigenvalue weighted by molar-refractivity contribution is 0.0204. The first kappa shape index (κ1) is 9.66. The Labute approximate surface area is 85.0 Å². The second kappa shape index (κ2) is 4.09. The van der Waals surface area contributed by atoms with Crippen LogP contribution in [-0.4, -0.2) is 10.1 Å². The van der Waals surface area contributed by atoms with Crippen LogP contribution in [0.25, 0.3) is 0 Å². The fraction of sp³-hybridized carbons (Fsp3) is 0.583. The molecule has 0 aromatic carbocycles. The van der Waals surface area contributed by atoms with E-state index in [0.29, 0.717) is 0 Å². The van der Waals surface area contributed by atoms with Gasteiger partial charge in [0.15, 0.2) is 0 Å². The van der Waals surface area contributed by atoms with Crippen molar-refractivity contribution >= 4 is 0 Å². The van der Waals surface area contributed by atoms with E-state index in [1.54, 1.807) is 12.4 Å². The highest BCUT2D eigenvalue weighted by molar-refractivity contribution is 5.18. The number of hydrogen-bond donors (Lipinski definition) is 1. The third-order valence-corrected chi connectivity index (χ3v) is 3.13. The summed E-state index contributed by atoms with van der Waals surface area (Å²) in [6.07, 6.45) is 10.1. The maximum absolute atomic E-state index is 10.5. The van der Waals surface area contributed by atoms with Gasteiger partial charge in [-0.2, -0.15) is 0 Å². The zero-order valence-electron chi connectivity index (χ0n) is 8.45. The molecular weight excluding hydrogens is 174 g/mol. The highest BCUT2D eigenvalue weighted by Gasteiger charge is 2.29. The molecule has 0 amide bonds. The maximum Gasteiger partial charge on any atom is 0.0911 e. The second-order valence-electron chi connectivity index (χ2n) is 4.19. The lowest BCUT2D eigenvalue weighted by Gasteiger charge is -2.26. The van der Waals surface area contributed by atoms with Crippen LogP contribution in [0.2, 0.25) is 0 Å². The summed E-state index contributed by atoms with van der Waals surface area (Å²) < 4.78 is 0. The van der Waals surface area contributed by atoms with Crippen LogP contribution in [0.1, 0.15) is 44.1 Å². The third-order valence-electron chi connectivity index (χ3n) is 3.13. The summed E-state index contributed by atoms with van der Waals surface area (Å²) in [7, 11) is 0. The summed E-state index contributed by atoms with van der Waals surface area (Å²) in [6, 6.07) is 3.89. The normalized spacial score (nSPS) is 21.5. The Bertz CT molecular complexity index is 276. The molecule has 1 aromatic rings. The van der Waals surface area contributed by atoms with Gasteiger partial charge >= 0.3 is 0 Å². The van der Waals surface area contributed by atoms with Crippen molar-refractivity contribution in [2.24, 2.45) is 0 Å². The van der Waals surface area contributed by atoms with Crippen molar-refractivity contribution in [3.8, 4) is 0 Å². The largest absolute Gasteiger partial charge is 0.385 e. The average molecular weight is 191 g/mol. The molecule has 1 aromatic heterocycles. The van der Waals surface area contributed by atoms with Gasteiger partial charge in [-0.3, -0.25) is 4.98 Å². The van der Waals surface area contributed by atoms with Crippen molar-refractivity contribution in [3.63, 3.8) is 0 Å². The predicted molar refractivity (Wildman–Crippen MR) is 55.8 cm³/mol. The van der Waals surface area contributed by atoms with Gasteiger partial charge in [-0.1, -0.05) is 31.7 Å². The van der Waals surface area contributed by atoms with Crippen molar-refractivity contribution < 1.29 is 5.11 Å². The van der Waals surface area contributed by atoms with Gasteiger partial charge in [0, 0.05) is 18.0 Å². The van der Waals surface area contributed by atoms with Gasteiger partial charge in [-0.05, 0) is 18.9 Å². The molecule has 2 nitrogen and oxygen atoms in total. The monoisotopic (exact) mass is 191 g/mol. The molecule has 1 heterocycles. The Balaban J connectivity index is 2.21. The first-order valence-corrected chi connectivity index (χ1v) is 5.44. The standard InChI is InChI=1S/C12H17NO/c14-12(7-3-1-2-4-8-12)11-6-5-9-13-10-11/h5-6,9-10,14H,1-4,7-8H2. The van der Waals surface area contributed by atoms with Gasteiger partial charge in [-0.25, -0.2) is 0 Å². The van der Waals surface area contributed by atoms with Gasteiger partial charge in [-0.15, -0.1) is 0 Å². The minimum absolute atomic E-state index is 0.606. The van der Waals surface area contributed by atoms with Crippen LogP contribution in [0.4, 0.5) is 0 Å². The molecule has 1 aliphatic rings. The average Bonchev–Trinajstić information content (AvgIpc) is 2.46. The van der Waals surface area contributed by atoms with Crippen LogP contribution in [0, 0.1) is 0 Å². The molecule has 2 rings (SSSR count). The highest BCUT2D eigenvalue weighted by atomic mass is 16.3. The molecule has 0 unspecified atom stereocenters. The van der Waals surface area contributed by atoms with Crippen molar-refractivity contribution in [2.45, 2.75) is 44.1 Å². The number of rotatable bonds is 1. The molecule has 14 heavy (non-hydrogen) atoms. The van der Waals surface area contributed by atoms with E-state index in [0.717, 1.165) is 31.2 Å². The van der Waals surface area contributed by atoms with Gasteiger partial charge < -0.3 is 5.11 Å². The first-order valence-electron chi connectivity index (χ1n) is 5.44. The van der Waals surface area contributed by atoms with E-state index in [2.05, 4.69) is 4.98 Å². The molecule has 2 heteroatoms. The number of nitrogens with zero attached hydrogens (tertiary/aromatic N) is 1. The van der Waals surface area contributed by atoms with Crippen LogP contribution in [-0.2, 0) is 5.60 Å². The SMILES string of the molecule is OC1(c2cccnc2)CCCCCC1. The van der Waals surface area contributed by atoms with Crippen molar-refractivity contribution in [1.29, 1.82) is 0 Å². The van der Waals surface area contributed by atoms with E-state index in [1.165, 1.54) is 12.8 Å². The quantitative estimate of drug-likeness (QED) is 0.692. The number of hydrogen-bond acceptors (Lipinski definition) is 2. The predicted octanol–water partition coefficient (Wildman–Crippen LogP) is 2.62. The van der Waals surface area contributed by atoms with Crippen molar-refractivity contribution in [3.05, 3.63) is 30.1 Å². The summed E-state index contributed by atoms with van der Waals surface area (Å²) in [6.45, 7) is 0. The number of pyridine rings is 1. The maximum atomic E-state index is 10.5. The van der Waals surface area contributed by atoms with Crippen LogP contribution >= 0.6 is 0 Å². The smallest absolute Gasteiger partial charge is 0.0911 e. The fourth-order valence-electron chi connectivity index (χ4n) is 2.24. The van der Waals surface area contributed by atoms with Crippen LogP contribution in [0.3, 0.4) is 0 Å². The molecule has 0 spiro atoms. The Hall–Kier alpha value is -0.890. The molecule has 1 fully saturated rings. The molecular formula is C12H17NO. The van der Waals surface area contributed by atoms with E-state index >= 15 is 0 Å². The number of aromatic nitrogens is 1. The second-order valence-corrected chi connectivity index (χ2v) is 4.19. The van der Waals surface area contributed by atoms with Gasteiger partial charge in [0.2, 0.25) is 0 Å². The summed E-state index contributed by atoms with van der Waals surface area (Å²) >= 11 is 0. The van der Waals surface area contributed by atoms with Crippen LogP contribution in [0.5, 0.6) is 0 Å². The van der Waals surface area contributed by atoms with Crippen molar-refractivity contribution in [1.82, 2.24) is 4.98 Å². The van der Waals surface area contributed by atoms with Crippen LogP contribution < -0.4 is 0 Å². The molecule has 1 saturated carbocycles. The lowest BCUT2D eigenvalue weighted by atomic mass is 9.88. The third kappa shape index (κ3) is 1.95. The zero-order valence-corrected chi connectivity index (χ0v) is 8.45.